The van der Waals surface area contributed by atoms with E-state index in [4.69, 9.17) is 9.84 Å². The first kappa shape index (κ1) is 13.0. The molecule has 0 aromatic heterocycles. The van der Waals surface area contributed by atoms with Gasteiger partial charge >= 0.3 is 0 Å². The number of benzene rings is 1. The number of nitrogens with zero attached hydrogens (tertiary/aromatic N) is 1. The van der Waals surface area contributed by atoms with Crippen molar-refractivity contribution in [2.45, 2.75) is 19.4 Å². The quantitative estimate of drug-likeness (QED) is 0.801. The molecule has 3 heteroatoms. The summed E-state index contributed by atoms with van der Waals surface area (Å²) < 4.78 is 5.40. The van der Waals surface area contributed by atoms with Gasteiger partial charge in [0.15, 0.2) is 0 Å². The zero-order valence-electron chi connectivity index (χ0n) is 10.3. The summed E-state index contributed by atoms with van der Waals surface area (Å²) in [5, 5.41) is 9.03. The summed E-state index contributed by atoms with van der Waals surface area (Å²) in [6.07, 6.45) is 0.751. The smallest absolute Gasteiger partial charge is 0.119 e. The largest absolute Gasteiger partial charge is 0.494 e. The van der Waals surface area contributed by atoms with Crippen molar-refractivity contribution in [3.05, 3.63) is 29.8 Å². The average molecular weight is 223 g/mol. The molecular formula is C13H21NO2. The first-order chi connectivity index (χ1) is 7.69. The van der Waals surface area contributed by atoms with Gasteiger partial charge in [-0.3, -0.25) is 0 Å². The van der Waals surface area contributed by atoms with E-state index in [1.54, 1.807) is 0 Å². The van der Waals surface area contributed by atoms with E-state index in [0.717, 1.165) is 12.2 Å². The van der Waals surface area contributed by atoms with E-state index < -0.39 is 0 Å². The lowest BCUT2D eigenvalue weighted by Crippen LogP contribution is -2.20. The summed E-state index contributed by atoms with van der Waals surface area (Å²) >= 11 is 0. The number of rotatable bonds is 6. The average Bonchev–Trinajstić information content (AvgIpc) is 2.27. The van der Waals surface area contributed by atoms with E-state index in [1.807, 2.05) is 33.2 Å². The lowest BCUT2D eigenvalue weighted by Gasteiger charge is -2.24. The maximum atomic E-state index is 9.03. The van der Waals surface area contributed by atoms with Gasteiger partial charge in [0.1, 0.15) is 5.75 Å². The van der Waals surface area contributed by atoms with Crippen molar-refractivity contribution in [3.63, 3.8) is 0 Å². The summed E-state index contributed by atoms with van der Waals surface area (Å²) in [6.45, 7) is 2.87. The fraction of sp³-hybridized carbons (Fsp3) is 0.538. The summed E-state index contributed by atoms with van der Waals surface area (Å²) in [4.78, 5) is 2.12. The molecule has 1 N–H and O–H groups in total. The summed E-state index contributed by atoms with van der Waals surface area (Å²) in [5.74, 6) is 0.896. The minimum absolute atomic E-state index is 0.204. The first-order valence-corrected chi connectivity index (χ1v) is 5.69. The molecule has 1 unspecified atom stereocenters. The number of ether oxygens (including phenoxy) is 1. The Morgan fingerprint density at radius 2 is 1.88 bits per heavy atom. The zero-order valence-corrected chi connectivity index (χ0v) is 10.3. The zero-order chi connectivity index (χ0) is 12.0. The SMILES string of the molecule is CCOc1ccc(C(CCO)N(C)C)cc1. The highest BCUT2D eigenvalue weighted by Crippen LogP contribution is 2.23. The standard InChI is InChI=1S/C13H21NO2/c1-4-16-12-7-5-11(6-8-12)13(9-10-15)14(2)3/h5-8,13,15H,4,9-10H2,1-3H3. The fourth-order valence-corrected chi connectivity index (χ4v) is 1.80. The Bertz CT molecular complexity index is 295. The van der Waals surface area contributed by atoms with Crippen molar-refractivity contribution < 1.29 is 9.84 Å². The minimum atomic E-state index is 0.204. The lowest BCUT2D eigenvalue weighted by molar-refractivity contribution is 0.210. The fourth-order valence-electron chi connectivity index (χ4n) is 1.80. The summed E-state index contributed by atoms with van der Waals surface area (Å²) in [7, 11) is 4.05. The molecule has 0 saturated heterocycles. The van der Waals surface area contributed by atoms with E-state index in [2.05, 4.69) is 17.0 Å². The molecule has 1 rings (SSSR count). The van der Waals surface area contributed by atoms with Crippen LogP contribution in [0.5, 0.6) is 5.75 Å². The molecule has 90 valence electrons. The third kappa shape index (κ3) is 3.51. The van der Waals surface area contributed by atoms with Gasteiger partial charge in [-0.25, -0.2) is 0 Å². The van der Waals surface area contributed by atoms with E-state index in [1.165, 1.54) is 5.56 Å². The van der Waals surface area contributed by atoms with Crippen LogP contribution in [0, 0.1) is 0 Å². The van der Waals surface area contributed by atoms with E-state index >= 15 is 0 Å². The maximum Gasteiger partial charge on any atom is 0.119 e. The number of hydrogen-bond acceptors (Lipinski definition) is 3. The molecule has 0 fully saturated rings. The minimum Gasteiger partial charge on any atom is -0.494 e. The monoisotopic (exact) mass is 223 g/mol. The van der Waals surface area contributed by atoms with Gasteiger partial charge in [-0.2, -0.15) is 0 Å². The van der Waals surface area contributed by atoms with Crippen LogP contribution in [0.25, 0.3) is 0 Å². The molecule has 0 bridgehead atoms. The molecule has 0 heterocycles. The predicted molar refractivity (Wildman–Crippen MR) is 65.7 cm³/mol. The molecule has 16 heavy (non-hydrogen) atoms. The third-order valence-electron chi connectivity index (χ3n) is 2.60. The Kier molecular flexibility index (Phi) is 5.29. The van der Waals surface area contributed by atoms with Gasteiger partial charge in [0.05, 0.1) is 6.61 Å². The van der Waals surface area contributed by atoms with Crippen molar-refractivity contribution in [1.82, 2.24) is 4.90 Å². The number of aliphatic hydroxyl groups is 1. The Labute approximate surface area is 97.7 Å². The van der Waals surface area contributed by atoms with Gasteiger partial charge in [-0.15, -0.1) is 0 Å². The molecule has 0 radical (unpaired) electrons. The van der Waals surface area contributed by atoms with Crippen LogP contribution in [0.2, 0.25) is 0 Å². The van der Waals surface area contributed by atoms with Crippen molar-refractivity contribution in [1.29, 1.82) is 0 Å². The highest BCUT2D eigenvalue weighted by Gasteiger charge is 2.12. The first-order valence-electron chi connectivity index (χ1n) is 5.69. The Morgan fingerprint density at radius 1 is 1.25 bits per heavy atom. The van der Waals surface area contributed by atoms with E-state index in [0.29, 0.717) is 6.61 Å². The van der Waals surface area contributed by atoms with Crippen LogP contribution in [0.1, 0.15) is 24.9 Å². The van der Waals surface area contributed by atoms with E-state index in [-0.39, 0.29) is 12.6 Å². The van der Waals surface area contributed by atoms with Gasteiger partial charge in [-0.05, 0) is 45.1 Å². The third-order valence-corrected chi connectivity index (χ3v) is 2.60. The van der Waals surface area contributed by atoms with Crippen LogP contribution in [-0.4, -0.2) is 37.3 Å². The summed E-state index contributed by atoms with van der Waals surface area (Å²) in [5.41, 5.74) is 1.21. The van der Waals surface area contributed by atoms with Crippen molar-refractivity contribution in [2.75, 3.05) is 27.3 Å². The van der Waals surface area contributed by atoms with Crippen LogP contribution in [0.3, 0.4) is 0 Å². The molecule has 0 aliphatic heterocycles. The van der Waals surface area contributed by atoms with Crippen LogP contribution in [0.15, 0.2) is 24.3 Å². The van der Waals surface area contributed by atoms with Crippen molar-refractivity contribution in [3.8, 4) is 5.75 Å². The molecule has 0 spiro atoms. The topological polar surface area (TPSA) is 32.7 Å². The number of hydrogen-bond donors (Lipinski definition) is 1. The van der Waals surface area contributed by atoms with Crippen LogP contribution >= 0.6 is 0 Å². The van der Waals surface area contributed by atoms with Crippen molar-refractivity contribution >= 4 is 0 Å². The lowest BCUT2D eigenvalue weighted by atomic mass is 10.0. The number of aliphatic hydroxyl groups excluding tert-OH is 1. The second kappa shape index (κ2) is 6.51. The van der Waals surface area contributed by atoms with Gasteiger partial charge in [-0.1, -0.05) is 12.1 Å². The van der Waals surface area contributed by atoms with Gasteiger partial charge in [0, 0.05) is 12.6 Å². The molecular weight excluding hydrogens is 202 g/mol. The second-order valence-corrected chi connectivity index (χ2v) is 3.99. The van der Waals surface area contributed by atoms with Gasteiger partial charge in [0.2, 0.25) is 0 Å². The Hall–Kier alpha value is -1.06. The van der Waals surface area contributed by atoms with Gasteiger partial charge in [0.25, 0.3) is 0 Å². The molecule has 0 amide bonds. The van der Waals surface area contributed by atoms with Crippen LogP contribution in [-0.2, 0) is 0 Å². The van der Waals surface area contributed by atoms with Gasteiger partial charge < -0.3 is 14.7 Å². The van der Waals surface area contributed by atoms with Crippen molar-refractivity contribution in [2.24, 2.45) is 0 Å². The predicted octanol–water partition coefficient (Wildman–Crippen LogP) is 2.07. The molecule has 3 nitrogen and oxygen atoms in total. The Morgan fingerprint density at radius 3 is 2.31 bits per heavy atom. The molecule has 1 atom stereocenters. The maximum absolute atomic E-state index is 9.03. The normalized spacial score (nSPS) is 12.8. The summed E-state index contributed by atoms with van der Waals surface area (Å²) in [6, 6.07) is 8.34. The molecule has 1 aromatic carbocycles. The Balaban J connectivity index is 2.77. The molecule has 0 aliphatic rings. The second-order valence-electron chi connectivity index (χ2n) is 3.99. The molecule has 0 saturated carbocycles. The van der Waals surface area contributed by atoms with E-state index in [9.17, 15) is 0 Å². The van der Waals surface area contributed by atoms with Crippen LogP contribution in [0.4, 0.5) is 0 Å². The highest BCUT2D eigenvalue weighted by atomic mass is 16.5. The highest BCUT2D eigenvalue weighted by molar-refractivity contribution is 5.29. The molecule has 1 aromatic rings. The molecule has 0 aliphatic carbocycles. The van der Waals surface area contributed by atoms with Crippen LogP contribution < -0.4 is 4.74 Å².